The van der Waals surface area contributed by atoms with Crippen molar-refractivity contribution in [3.8, 4) is 11.4 Å². The fourth-order valence-electron chi connectivity index (χ4n) is 5.08. The predicted molar refractivity (Wildman–Crippen MR) is 134 cm³/mol. The molecule has 0 saturated carbocycles. The van der Waals surface area contributed by atoms with E-state index in [2.05, 4.69) is 39.0 Å². The summed E-state index contributed by atoms with van der Waals surface area (Å²) in [6.45, 7) is 9.34. The van der Waals surface area contributed by atoms with Gasteiger partial charge in [0, 0.05) is 57.1 Å². The Morgan fingerprint density at radius 1 is 0.889 bits per heavy atom. The van der Waals surface area contributed by atoms with Crippen LogP contribution >= 0.6 is 0 Å². The maximum absolute atomic E-state index is 13.0. The number of ether oxygens (including phenoxy) is 1. The summed E-state index contributed by atoms with van der Waals surface area (Å²) in [5, 5.41) is 0. The largest absolute Gasteiger partial charge is 1.00 e. The SMILES string of the molecule is CCCn1c(=O)[nH]c(=O)c2c1nc(-c1ccc(N3CCCCC3)cc1)n2CCN1CCOCC1.[Cl-].[Cl-]. The summed E-state index contributed by atoms with van der Waals surface area (Å²) in [6.07, 6.45) is 4.55. The Morgan fingerprint density at radius 2 is 1.58 bits per heavy atom. The minimum Gasteiger partial charge on any atom is -1.00 e. The van der Waals surface area contributed by atoms with Crippen LogP contribution in [-0.2, 0) is 17.8 Å². The van der Waals surface area contributed by atoms with Crippen LogP contribution < -0.4 is 41.0 Å². The van der Waals surface area contributed by atoms with E-state index in [-0.39, 0.29) is 30.4 Å². The number of rotatable bonds is 7. The highest BCUT2D eigenvalue weighted by Crippen LogP contribution is 2.27. The first-order valence-electron chi connectivity index (χ1n) is 12.5. The number of benzene rings is 1. The molecule has 3 aromatic rings. The number of halogens is 2. The second kappa shape index (κ2) is 12.8. The van der Waals surface area contributed by atoms with Crippen molar-refractivity contribution in [3.05, 3.63) is 45.1 Å². The van der Waals surface area contributed by atoms with E-state index >= 15 is 0 Å². The zero-order valence-corrected chi connectivity index (χ0v) is 22.2. The molecule has 5 rings (SSSR count). The van der Waals surface area contributed by atoms with Gasteiger partial charge in [0.1, 0.15) is 5.82 Å². The first kappa shape index (κ1) is 28.2. The van der Waals surface area contributed by atoms with E-state index in [0.29, 0.717) is 24.3 Å². The van der Waals surface area contributed by atoms with Crippen molar-refractivity contribution in [1.82, 2.24) is 24.0 Å². The highest BCUT2D eigenvalue weighted by atomic mass is 35.5. The number of anilines is 1. The molecule has 11 heteroatoms. The van der Waals surface area contributed by atoms with Crippen molar-refractivity contribution >= 4 is 16.9 Å². The van der Waals surface area contributed by atoms with Gasteiger partial charge in [-0.05, 0) is 49.9 Å². The molecule has 2 saturated heterocycles. The van der Waals surface area contributed by atoms with Crippen LogP contribution in [0.5, 0.6) is 0 Å². The minimum atomic E-state index is -0.399. The quantitative estimate of drug-likeness (QED) is 0.334. The van der Waals surface area contributed by atoms with Crippen LogP contribution in [0.15, 0.2) is 33.9 Å². The molecule has 0 bridgehead atoms. The van der Waals surface area contributed by atoms with Crippen molar-refractivity contribution < 1.29 is 29.6 Å². The van der Waals surface area contributed by atoms with E-state index in [1.54, 1.807) is 4.57 Å². The maximum atomic E-state index is 13.0. The van der Waals surface area contributed by atoms with Crippen LogP contribution in [0.3, 0.4) is 0 Å². The van der Waals surface area contributed by atoms with Gasteiger partial charge in [-0.3, -0.25) is 19.2 Å². The number of H-pyrrole nitrogens is 1. The lowest BCUT2D eigenvalue weighted by atomic mass is 10.1. The summed E-state index contributed by atoms with van der Waals surface area (Å²) in [5.74, 6) is 0.731. The lowest BCUT2D eigenvalue weighted by Crippen LogP contribution is -3.00. The van der Waals surface area contributed by atoms with Gasteiger partial charge >= 0.3 is 5.69 Å². The molecule has 2 fully saturated rings. The van der Waals surface area contributed by atoms with Gasteiger partial charge in [0.2, 0.25) is 0 Å². The third-order valence-electron chi connectivity index (χ3n) is 6.92. The number of nitrogens with one attached hydrogen (secondary N) is 1. The van der Waals surface area contributed by atoms with Crippen LogP contribution in [0.2, 0.25) is 0 Å². The minimum absolute atomic E-state index is 0. The molecule has 4 heterocycles. The summed E-state index contributed by atoms with van der Waals surface area (Å²) in [5.41, 5.74) is 2.33. The van der Waals surface area contributed by atoms with Gasteiger partial charge in [-0.15, -0.1) is 0 Å². The number of hydrogen-bond acceptors (Lipinski definition) is 6. The van der Waals surface area contributed by atoms with E-state index in [1.165, 1.54) is 24.9 Å². The van der Waals surface area contributed by atoms with Gasteiger partial charge in [0.05, 0.1) is 13.2 Å². The van der Waals surface area contributed by atoms with Crippen LogP contribution in [0.25, 0.3) is 22.6 Å². The molecule has 2 aliphatic rings. The van der Waals surface area contributed by atoms with Gasteiger partial charge in [0.25, 0.3) is 5.56 Å². The van der Waals surface area contributed by atoms with Crippen LogP contribution in [0.4, 0.5) is 5.69 Å². The second-order valence-electron chi connectivity index (χ2n) is 9.22. The Morgan fingerprint density at radius 3 is 2.25 bits per heavy atom. The topological polar surface area (TPSA) is 88.4 Å². The first-order valence-corrected chi connectivity index (χ1v) is 12.5. The van der Waals surface area contributed by atoms with Gasteiger partial charge in [-0.2, -0.15) is 0 Å². The molecule has 2 aliphatic heterocycles. The Bertz CT molecular complexity index is 1240. The number of imidazole rings is 1. The molecule has 9 nitrogen and oxygen atoms in total. The van der Waals surface area contributed by atoms with Crippen LogP contribution in [0.1, 0.15) is 32.6 Å². The van der Waals surface area contributed by atoms with Gasteiger partial charge in [-0.25, -0.2) is 9.78 Å². The fraction of sp³-hybridized carbons (Fsp3) is 0.560. The molecule has 0 amide bonds. The normalized spacial score (nSPS) is 16.5. The number of hydrogen-bond donors (Lipinski definition) is 1. The molecular weight excluding hydrogens is 503 g/mol. The second-order valence-corrected chi connectivity index (χ2v) is 9.22. The van der Waals surface area contributed by atoms with E-state index < -0.39 is 5.69 Å². The molecule has 0 spiro atoms. The van der Waals surface area contributed by atoms with E-state index in [9.17, 15) is 9.59 Å². The zero-order valence-electron chi connectivity index (χ0n) is 20.7. The van der Waals surface area contributed by atoms with Gasteiger partial charge in [0.15, 0.2) is 11.2 Å². The maximum Gasteiger partial charge on any atom is 0.330 e. The Hall–Kier alpha value is -2.33. The number of piperidine rings is 1. The van der Waals surface area contributed by atoms with Crippen molar-refractivity contribution in [2.75, 3.05) is 50.8 Å². The summed E-state index contributed by atoms with van der Waals surface area (Å²) in [6, 6.07) is 8.48. The Kier molecular flexibility index (Phi) is 10.0. The monoisotopic (exact) mass is 536 g/mol. The number of nitrogens with zero attached hydrogens (tertiary/aromatic N) is 5. The van der Waals surface area contributed by atoms with E-state index in [0.717, 1.165) is 63.7 Å². The first-order chi connectivity index (χ1) is 16.7. The number of aryl methyl sites for hydroxylation is 1. The molecule has 0 aliphatic carbocycles. The molecule has 36 heavy (non-hydrogen) atoms. The molecule has 0 radical (unpaired) electrons. The van der Waals surface area contributed by atoms with Gasteiger partial charge in [-0.1, -0.05) is 6.92 Å². The van der Waals surface area contributed by atoms with Crippen molar-refractivity contribution in [3.63, 3.8) is 0 Å². The molecule has 2 aromatic heterocycles. The smallest absolute Gasteiger partial charge is 0.330 e. The third-order valence-corrected chi connectivity index (χ3v) is 6.92. The highest BCUT2D eigenvalue weighted by Gasteiger charge is 2.21. The lowest BCUT2D eigenvalue weighted by molar-refractivity contribution is -0.001000. The summed E-state index contributed by atoms with van der Waals surface area (Å²) in [4.78, 5) is 37.7. The van der Waals surface area contributed by atoms with Crippen LogP contribution in [0, 0.1) is 0 Å². The van der Waals surface area contributed by atoms with Crippen molar-refractivity contribution in [2.45, 2.75) is 45.7 Å². The number of fused-ring (bicyclic) bond motifs is 1. The fourth-order valence-corrected chi connectivity index (χ4v) is 5.08. The molecular formula is C25H34Cl2N6O3-2. The standard InChI is InChI=1S/C25H34N6O3.2ClH/c1-2-10-31-23-21(24(32)27-25(31)33)30(14-13-28-15-17-34-18-16-28)22(26-23)19-6-8-20(9-7-19)29-11-4-3-5-12-29;;/h6-9H,2-5,10-18H2,1H3,(H,27,32,33);2*1H/p-2. The summed E-state index contributed by atoms with van der Waals surface area (Å²) < 4.78 is 9.06. The zero-order chi connectivity index (χ0) is 23.5. The summed E-state index contributed by atoms with van der Waals surface area (Å²) >= 11 is 0. The molecule has 0 unspecified atom stereocenters. The molecule has 1 aromatic carbocycles. The lowest BCUT2D eigenvalue weighted by Gasteiger charge is -2.29. The van der Waals surface area contributed by atoms with Crippen molar-refractivity contribution in [2.24, 2.45) is 0 Å². The average Bonchev–Trinajstić information content (AvgIpc) is 3.26. The third kappa shape index (κ3) is 5.80. The Labute approximate surface area is 223 Å². The highest BCUT2D eigenvalue weighted by molar-refractivity contribution is 5.77. The van der Waals surface area contributed by atoms with E-state index in [1.807, 2.05) is 11.5 Å². The average molecular weight is 537 g/mol. The molecule has 0 atom stereocenters. The molecule has 1 N–H and O–H groups in total. The number of aromatic nitrogens is 4. The molecule has 198 valence electrons. The number of aromatic amines is 1. The van der Waals surface area contributed by atoms with Gasteiger partial charge < -0.3 is 39.0 Å². The predicted octanol–water partition coefficient (Wildman–Crippen LogP) is -3.71. The Balaban J connectivity index is 0.00000180. The van der Waals surface area contributed by atoms with Crippen LogP contribution in [-0.4, -0.2) is 69.9 Å². The number of morpholine rings is 1. The summed E-state index contributed by atoms with van der Waals surface area (Å²) in [7, 11) is 0. The van der Waals surface area contributed by atoms with E-state index in [4.69, 9.17) is 9.72 Å². The van der Waals surface area contributed by atoms with Crippen molar-refractivity contribution in [1.29, 1.82) is 0 Å².